The number of rotatable bonds is 8. The van der Waals surface area contributed by atoms with Gasteiger partial charge in [0.05, 0.1) is 17.0 Å². The molecule has 0 radical (unpaired) electrons. The van der Waals surface area contributed by atoms with E-state index in [1.807, 2.05) is 19.1 Å². The number of carbonyl (C=O) groups is 1. The van der Waals surface area contributed by atoms with E-state index < -0.39 is 9.84 Å². The summed E-state index contributed by atoms with van der Waals surface area (Å²) in [7, 11) is -3.13. The van der Waals surface area contributed by atoms with E-state index in [4.69, 9.17) is 0 Å². The second-order valence-electron chi connectivity index (χ2n) is 7.65. The summed E-state index contributed by atoms with van der Waals surface area (Å²) in [5, 5.41) is 2.69. The van der Waals surface area contributed by atoms with Gasteiger partial charge in [-0.05, 0) is 43.2 Å². The summed E-state index contributed by atoms with van der Waals surface area (Å²) in [6.07, 6.45) is 4.57. The van der Waals surface area contributed by atoms with Crippen LogP contribution in [0, 0.1) is 5.92 Å². The van der Waals surface area contributed by atoms with E-state index in [0.29, 0.717) is 5.92 Å². The molecular weight excluding hydrogens is 334 g/mol. The van der Waals surface area contributed by atoms with E-state index in [0.717, 1.165) is 37.7 Å². The summed E-state index contributed by atoms with van der Waals surface area (Å²) in [5.41, 5.74) is 2.33. The molecule has 140 valence electrons. The normalized spacial score (nSPS) is 17.0. The first-order chi connectivity index (χ1) is 11.8. The van der Waals surface area contributed by atoms with Crippen LogP contribution in [0.4, 0.5) is 0 Å². The summed E-state index contributed by atoms with van der Waals surface area (Å²) in [4.78, 5) is 12.1. The van der Waals surface area contributed by atoms with Gasteiger partial charge >= 0.3 is 0 Å². The fourth-order valence-electron chi connectivity index (χ4n) is 3.46. The molecule has 1 fully saturated rings. The van der Waals surface area contributed by atoms with Gasteiger partial charge in [-0.25, -0.2) is 8.42 Å². The predicted molar refractivity (Wildman–Crippen MR) is 102 cm³/mol. The molecule has 1 N–H and O–H groups in total. The Bertz CT molecular complexity index is 659. The maximum absolute atomic E-state index is 12.2. The maximum atomic E-state index is 12.2. The Morgan fingerprint density at radius 2 is 1.72 bits per heavy atom. The molecule has 1 unspecified atom stereocenters. The quantitative estimate of drug-likeness (QED) is 0.762. The van der Waals surface area contributed by atoms with Gasteiger partial charge in [0.25, 0.3) is 0 Å². The fourth-order valence-corrected chi connectivity index (χ4v) is 5.31. The van der Waals surface area contributed by atoms with Gasteiger partial charge in [0.2, 0.25) is 5.91 Å². The topological polar surface area (TPSA) is 63.2 Å². The minimum absolute atomic E-state index is 0.0381. The second-order valence-corrected chi connectivity index (χ2v) is 10.1. The number of amides is 1. The highest BCUT2D eigenvalue weighted by Crippen LogP contribution is 2.25. The standard InChI is InChI=1S/C20H31NO3S/c1-15(2)14-17-8-10-18(11-9-17)16(3)21-20(22)12-13-25(23,24)19-6-4-5-7-19/h8-11,15-16,19H,4-7,12-14H2,1-3H3,(H,21,22). The molecular formula is C20H31NO3S. The van der Waals surface area contributed by atoms with Crippen molar-refractivity contribution in [1.82, 2.24) is 5.32 Å². The molecule has 1 atom stereocenters. The van der Waals surface area contributed by atoms with E-state index in [9.17, 15) is 13.2 Å². The first kappa shape index (κ1) is 20.0. The lowest BCUT2D eigenvalue weighted by Crippen LogP contribution is -2.30. The van der Waals surface area contributed by atoms with Gasteiger partial charge in [-0.3, -0.25) is 4.79 Å². The Labute approximate surface area is 152 Å². The number of nitrogens with one attached hydrogen (secondary N) is 1. The van der Waals surface area contributed by atoms with Gasteiger partial charge in [0.15, 0.2) is 9.84 Å². The average molecular weight is 366 g/mol. The van der Waals surface area contributed by atoms with Crippen LogP contribution in [0.15, 0.2) is 24.3 Å². The van der Waals surface area contributed by atoms with Crippen molar-refractivity contribution in [2.24, 2.45) is 5.92 Å². The molecule has 2 rings (SSSR count). The lowest BCUT2D eigenvalue weighted by molar-refractivity contribution is -0.121. The predicted octanol–water partition coefficient (Wildman–Crippen LogP) is 3.81. The second kappa shape index (κ2) is 8.84. The van der Waals surface area contributed by atoms with Gasteiger partial charge in [-0.2, -0.15) is 0 Å². The monoisotopic (exact) mass is 365 g/mol. The lowest BCUT2D eigenvalue weighted by Gasteiger charge is -2.16. The number of hydrogen-bond donors (Lipinski definition) is 1. The molecule has 4 nitrogen and oxygen atoms in total. The van der Waals surface area contributed by atoms with Crippen molar-refractivity contribution in [2.75, 3.05) is 5.75 Å². The summed E-state index contributed by atoms with van der Waals surface area (Å²) in [6.45, 7) is 6.31. The molecule has 25 heavy (non-hydrogen) atoms. The van der Waals surface area contributed by atoms with Crippen molar-refractivity contribution < 1.29 is 13.2 Å². The highest BCUT2D eigenvalue weighted by Gasteiger charge is 2.29. The number of carbonyl (C=O) groups excluding carboxylic acids is 1. The Balaban J connectivity index is 1.83. The molecule has 1 aromatic rings. The Kier molecular flexibility index (Phi) is 7.05. The van der Waals surface area contributed by atoms with E-state index in [1.165, 1.54) is 5.56 Å². The maximum Gasteiger partial charge on any atom is 0.221 e. The van der Waals surface area contributed by atoms with E-state index in [1.54, 1.807) is 0 Å². The summed E-state index contributed by atoms with van der Waals surface area (Å²) >= 11 is 0. The third kappa shape index (κ3) is 6.14. The minimum Gasteiger partial charge on any atom is -0.350 e. The van der Waals surface area contributed by atoms with E-state index in [-0.39, 0.29) is 29.4 Å². The lowest BCUT2D eigenvalue weighted by atomic mass is 10.00. The SMILES string of the molecule is CC(C)Cc1ccc(C(C)NC(=O)CCS(=O)(=O)C2CCCC2)cc1. The zero-order valence-corrected chi connectivity index (χ0v) is 16.4. The van der Waals surface area contributed by atoms with Crippen molar-refractivity contribution in [3.8, 4) is 0 Å². The highest BCUT2D eigenvalue weighted by molar-refractivity contribution is 7.92. The Hall–Kier alpha value is -1.36. The van der Waals surface area contributed by atoms with Gasteiger partial charge in [0, 0.05) is 6.42 Å². The first-order valence-corrected chi connectivity index (χ1v) is 11.1. The minimum atomic E-state index is -3.13. The van der Waals surface area contributed by atoms with Crippen LogP contribution in [0.3, 0.4) is 0 Å². The van der Waals surface area contributed by atoms with Crippen molar-refractivity contribution >= 4 is 15.7 Å². The van der Waals surface area contributed by atoms with Crippen molar-refractivity contribution in [2.45, 2.75) is 70.6 Å². The third-order valence-electron chi connectivity index (χ3n) is 4.92. The average Bonchev–Trinajstić information content (AvgIpc) is 3.08. The molecule has 0 aliphatic heterocycles. The molecule has 1 aliphatic carbocycles. The van der Waals surface area contributed by atoms with Crippen LogP contribution in [0.1, 0.15) is 70.0 Å². The summed E-state index contributed by atoms with van der Waals surface area (Å²) in [6, 6.07) is 8.16. The fraction of sp³-hybridized carbons (Fsp3) is 0.650. The smallest absolute Gasteiger partial charge is 0.221 e. The molecule has 1 aromatic carbocycles. The van der Waals surface area contributed by atoms with E-state index >= 15 is 0 Å². The molecule has 5 heteroatoms. The van der Waals surface area contributed by atoms with Gasteiger partial charge in [0.1, 0.15) is 0 Å². The molecule has 0 aromatic heterocycles. The van der Waals surface area contributed by atoms with Crippen LogP contribution in [0.25, 0.3) is 0 Å². The van der Waals surface area contributed by atoms with Gasteiger partial charge in [-0.15, -0.1) is 0 Å². The van der Waals surface area contributed by atoms with Crippen molar-refractivity contribution in [1.29, 1.82) is 0 Å². The van der Waals surface area contributed by atoms with Crippen LogP contribution in [0.2, 0.25) is 0 Å². The number of benzene rings is 1. The van der Waals surface area contributed by atoms with Crippen molar-refractivity contribution in [3.63, 3.8) is 0 Å². The highest BCUT2D eigenvalue weighted by atomic mass is 32.2. The van der Waals surface area contributed by atoms with Crippen LogP contribution in [-0.2, 0) is 21.1 Å². The molecule has 0 saturated heterocycles. The van der Waals surface area contributed by atoms with Crippen LogP contribution < -0.4 is 5.32 Å². The molecule has 0 spiro atoms. The van der Waals surface area contributed by atoms with E-state index in [2.05, 4.69) is 31.3 Å². The summed E-state index contributed by atoms with van der Waals surface area (Å²) in [5.74, 6) is 0.383. The van der Waals surface area contributed by atoms with Crippen LogP contribution in [0.5, 0.6) is 0 Å². The first-order valence-electron chi connectivity index (χ1n) is 9.37. The summed E-state index contributed by atoms with van der Waals surface area (Å²) < 4.78 is 24.5. The number of sulfone groups is 1. The molecule has 1 aliphatic rings. The van der Waals surface area contributed by atoms with Gasteiger partial charge < -0.3 is 5.32 Å². The van der Waals surface area contributed by atoms with Gasteiger partial charge in [-0.1, -0.05) is 51.0 Å². The number of hydrogen-bond acceptors (Lipinski definition) is 3. The third-order valence-corrected chi connectivity index (χ3v) is 7.19. The largest absolute Gasteiger partial charge is 0.350 e. The van der Waals surface area contributed by atoms with Crippen LogP contribution in [-0.4, -0.2) is 25.3 Å². The Morgan fingerprint density at radius 3 is 2.28 bits per heavy atom. The molecule has 0 bridgehead atoms. The molecule has 1 saturated carbocycles. The van der Waals surface area contributed by atoms with Crippen molar-refractivity contribution in [3.05, 3.63) is 35.4 Å². The Morgan fingerprint density at radius 1 is 1.12 bits per heavy atom. The zero-order valence-electron chi connectivity index (χ0n) is 15.6. The molecule has 0 heterocycles. The zero-order chi connectivity index (χ0) is 18.4. The van der Waals surface area contributed by atoms with Crippen LogP contribution >= 0.6 is 0 Å². The molecule has 1 amide bonds.